The molecule has 0 heterocycles. The SMILES string of the molecule is CC(=O)N(Br)C1CCCC1. The predicted molar refractivity (Wildman–Crippen MR) is 43.7 cm³/mol. The highest BCUT2D eigenvalue weighted by molar-refractivity contribution is 9.07. The van der Waals surface area contributed by atoms with E-state index in [-0.39, 0.29) is 5.91 Å². The van der Waals surface area contributed by atoms with E-state index < -0.39 is 0 Å². The molecule has 0 aromatic heterocycles. The number of nitrogens with zero attached hydrogens (tertiary/aromatic N) is 1. The zero-order valence-corrected chi connectivity index (χ0v) is 7.73. The molecule has 0 bridgehead atoms. The molecule has 1 saturated carbocycles. The highest BCUT2D eigenvalue weighted by Crippen LogP contribution is 2.25. The standard InChI is InChI=1S/C7H12BrNO/c1-6(10)9(8)7-4-2-3-5-7/h7H,2-5H2,1H3. The van der Waals surface area contributed by atoms with Crippen molar-refractivity contribution in [1.29, 1.82) is 0 Å². The second kappa shape index (κ2) is 3.37. The maximum absolute atomic E-state index is 10.8. The van der Waals surface area contributed by atoms with Gasteiger partial charge in [0, 0.05) is 13.0 Å². The lowest BCUT2D eigenvalue weighted by molar-refractivity contribution is -0.124. The predicted octanol–water partition coefficient (Wildman–Crippen LogP) is 2.09. The topological polar surface area (TPSA) is 20.3 Å². The van der Waals surface area contributed by atoms with Crippen molar-refractivity contribution in [3.63, 3.8) is 0 Å². The van der Waals surface area contributed by atoms with Crippen molar-refractivity contribution in [2.75, 3.05) is 0 Å². The molecule has 1 aliphatic rings. The fourth-order valence-electron chi connectivity index (χ4n) is 1.39. The van der Waals surface area contributed by atoms with E-state index in [9.17, 15) is 4.79 Å². The summed E-state index contributed by atoms with van der Waals surface area (Å²) in [5.41, 5.74) is 0. The van der Waals surface area contributed by atoms with Crippen LogP contribution in [0.2, 0.25) is 0 Å². The van der Waals surface area contributed by atoms with E-state index in [0.29, 0.717) is 6.04 Å². The van der Waals surface area contributed by atoms with E-state index in [4.69, 9.17) is 0 Å². The number of hydrogen-bond donors (Lipinski definition) is 0. The summed E-state index contributed by atoms with van der Waals surface area (Å²) in [6, 6.07) is 0.456. The number of amides is 1. The quantitative estimate of drug-likeness (QED) is 0.601. The number of hydrogen-bond acceptors (Lipinski definition) is 1. The summed E-state index contributed by atoms with van der Waals surface area (Å²) >= 11 is 3.25. The highest BCUT2D eigenvalue weighted by atomic mass is 79.9. The minimum Gasteiger partial charge on any atom is -0.276 e. The summed E-state index contributed by atoms with van der Waals surface area (Å²) < 4.78 is 1.68. The zero-order chi connectivity index (χ0) is 7.56. The molecule has 0 aromatic carbocycles. The van der Waals surface area contributed by atoms with Gasteiger partial charge in [-0.05, 0) is 12.8 Å². The summed E-state index contributed by atoms with van der Waals surface area (Å²) in [4.78, 5) is 10.8. The van der Waals surface area contributed by atoms with Crippen LogP contribution in [0.5, 0.6) is 0 Å². The van der Waals surface area contributed by atoms with Crippen LogP contribution in [-0.2, 0) is 4.79 Å². The van der Waals surface area contributed by atoms with Crippen molar-refractivity contribution < 1.29 is 4.79 Å². The Bertz CT molecular complexity index is 132. The molecule has 0 atom stereocenters. The molecule has 1 fully saturated rings. The average Bonchev–Trinajstić information content (AvgIpc) is 2.36. The first-order valence-electron chi connectivity index (χ1n) is 3.67. The number of carbonyl (C=O) groups is 1. The Morgan fingerprint density at radius 1 is 1.50 bits per heavy atom. The van der Waals surface area contributed by atoms with E-state index in [2.05, 4.69) is 16.1 Å². The maximum Gasteiger partial charge on any atom is 0.229 e. The largest absolute Gasteiger partial charge is 0.276 e. The molecule has 1 amide bonds. The van der Waals surface area contributed by atoms with Crippen LogP contribution in [0.1, 0.15) is 32.6 Å². The third-order valence-electron chi connectivity index (χ3n) is 1.95. The highest BCUT2D eigenvalue weighted by Gasteiger charge is 2.22. The lowest BCUT2D eigenvalue weighted by atomic mass is 10.2. The minimum atomic E-state index is 0.118. The summed E-state index contributed by atoms with van der Waals surface area (Å²) in [7, 11) is 0. The molecule has 1 aliphatic carbocycles. The van der Waals surface area contributed by atoms with E-state index in [1.807, 2.05) is 0 Å². The maximum atomic E-state index is 10.8. The molecule has 0 radical (unpaired) electrons. The van der Waals surface area contributed by atoms with Gasteiger partial charge in [-0.25, -0.2) is 0 Å². The summed E-state index contributed by atoms with van der Waals surface area (Å²) in [6.07, 6.45) is 4.84. The molecule has 0 aliphatic heterocycles. The molecule has 3 heteroatoms. The van der Waals surface area contributed by atoms with Crippen molar-refractivity contribution in [3.8, 4) is 0 Å². The first-order valence-corrected chi connectivity index (χ1v) is 4.38. The van der Waals surface area contributed by atoms with Gasteiger partial charge in [-0.1, -0.05) is 12.8 Å². The Hall–Kier alpha value is -0.0500. The fraction of sp³-hybridized carbons (Fsp3) is 0.857. The van der Waals surface area contributed by atoms with E-state index in [1.54, 1.807) is 10.8 Å². The lowest BCUT2D eigenvalue weighted by Gasteiger charge is -2.19. The fourth-order valence-corrected chi connectivity index (χ4v) is 1.80. The van der Waals surface area contributed by atoms with Crippen LogP contribution in [0.15, 0.2) is 0 Å². The molecule has 0 spiro atoms. The van der Waals surface area contributed by atoms with Gasteiger partial charge in [0.2, 0.25) is 5.91 Å². The van der Waals surface area contributed by atoms with Crippen LogP contribution >= 0.6 is 16.1 Å². The van der Waals surface area contributed by atoms with E-state index in [1.165, 1.54) is 12.8 Å². The summed E-state index contributed by atoms with van der Waals surface area (Å²) in [5, 5.41) is 0. The van der Waals surface area contributed by atoms with Gasteiger partial charge in [0.1, 0.15) is 0 Å². The Labute approximate surface area is 69.9 Å². The molecular formula is C7H12BrNO. The first-order chi connectivity index (χ1) is 4.72. The normalized spacial score (nSPS) is 19.4. The molecule has 2 nitrogen and oxygen atoms in total. The molecule has 0 unspecified atom stereocenters. The Morgan fingerprint density at radius 2 is 2.00 bits per heavy atom. The molecule has 0 N–H and O–H groups in total. The number of halogens is 1. The van der Waals surface area contributed by atoms with Crippen molar-refractivity contribution in [2.24, 2.45) is 0 Å². The molecule has 58 valence electrons. The molecule has 0 aromatic rings. The van der Waals surface area contributed by atoms with Gasteiger partial charge in [0.25, 0.3) is 0 Å². The van der Waals surface area contributed by atoms with Gasteiger partial charge in [-0.15, -0.1) is 0 Å². The van der Waals surface area contributed by atoms with Gasteiger partial charge >= 0.3 is 0 Å². The third-order valence-corrected chi connectivity index (χ3v) is 3.02. The lowest BCUT2D eigenvalue weighted by Crippen LogP contribution is -2.27. The molecule has 0 saturated heterocycles. The van der Waals surface area contributed by atoms with Crippen molar-refractivity contribution >= 4 is 22.1 Å². The van der Waals surface area contributed by atoms with Gasteiger partial charge in [0.05, 0.1) is 16.1 Å². The van der Waals surface area contributed by atoms with Crippen molar-refractivity contribution in [1.82, 2.24) is 3.93 Å². The third kappa shape index (κ3) is 1.72. The Kier molecular flexibility index (Phi) is 2.72. The monoisotopic (exact) mass is 205 g/mol. The van der Waals surface area contributed by atoms with E-state index in [0.717, 1.165) is 12.8 Å². The Balaban J connectivity index is 2.39. The van der Waals surface area contributed by atoms with Crippen molar-refractivity contribution in [3.05, 3.63) is 0 Å². The van der Waals surface area contributed by atoms with E-state index >= 15 is 0 Å². The second-order valence-electron chi connectivity index (χ2n) is 2.77. The van der Waals surface area contributed by atoms with Gasteiger partial charge in [-0.2, -0.15) is 0 Å². The molecule has 1 rings (SSSR count). The first kappa shape index (κ1) is 8.05. The van der Waals surface area contributed by atoms with Crippen LogP contribution in [-0.4, -0.2) is 15.9 Å². The zero-order valence-electron chi connectivity index (χ0n) is 6.14. The van der Waals surface area contributed by atoms with Crippen LogP contribution in [0, 0.1) is 0 Å². The Morgan fingerprint density at radius 3 is 2.40 bits per heavy atom. The summed E-state index contributed by atoms with van der Waals surface area (Å²) in [6.45, 7) is 1.59. The minimum absolute atomic E-state index is 0.118. The average molecular weight is 206 g/mol. The van der Waals surface area contributed by atoms with Crippen molar-refractivity contribution in [2.45, 2.75) is 38.6 Å². The van der Waals surface area contributed by atoms with Gasteiger partial charge in [-0.3, -0.25) is 8.72 Å². The van der Waals surface area contributed by atoms with Crippen LogP contribution in [0.25, 0.3) is 0 Å². The van der Waals surface area contributed by atoms with Crippen LogP contribution in [0.4, 0.5) is 0 Å². The second-order valence-corrected chi connectivity index (χ2v) is 3.53. The van der Waals surface area contributed by atoms with Crippen LogP contribution in [0.3, 0.4) is 0 Å². The van der Waals surface area contributed by atoms with Gasteiger partial charge in [0.15, 0.2) is 0 Å². The smallest absolute Gasteiger partial charge is 0.229 e. The summed E-state index contributed by atoms with van der Waals surface area (Å²) in [5.74, 6) is 0.118. The number of carbonyl (C=O) groups excluding carboxylic acids is 1. The number of rotatable bonds is 1. The molecule has 10 heavy (non-hydrogen) atoms. The van der Waals surface area contributed by atoms with Gasteiger partial charge < -0.3 is 0 Å². The molecular weight excluding hydrogens is 194 g/mol. The van der Waals surface area contributed by atoms with Crippen LogP contribution < -0.4 is 0 Å².